The van der Waals surface area contributed by atoms with E-state index < -0.39 is 59.7 Å². The van der Waals surface area contributed by atoms with E-state index in [-0.39, 0.29) is 50.5 Å². The van der Waals surface area contributed by atoms with Crippen molar-refractivity contribution in [1.29, 1.82) is 0 Å². The van der Waals surface area contributed by atoms with Gasteiger partial charge in [0.05, 0.1) is 19.1 Å². The van der Waals surface area contributed by atoms with E-state index in [0.717, 1.165) is 5.56 Å². The molecule has 6 N–H and O–H groups in total. The van der Waals surface area contributed by atoms with Crippen LogP contribution in [0.5, 0.6) is 5.75 Å². The van der Waals surface area contributed by atoms with Crippen molar-refractivity contribution in [2.24, 2.45) is 27.8 Å². The molecule has 0 aromatic heterocycles. The molecule has 17 nitrogen and oxygen atoms in total. The second kappa shape index (κ2) is 20.5. The fourth-order valence-corrected chi connectivity index (χ4v) is 5.07. The molecule has 1 heterocycles. The average Bonchev–Trinajstić information content (AvgIpc) is 3.47. The first-order valence-electron chi connectivity index (χ1n) is 17.7. The van der Waals surface area contributed by atoms with E-state index >= 15 is 0 Å². The Labute approximate surface area is 314 Å². The maximum Gasteiger partial charge on any atom is 0.410 e. The van der Waals surface area contributed by atoms with Gasteiger partial charge in [-0.05, 0) is 67.0 Å². The number of imide groups is 1. The van der Waals surface area contributed by atoms with E-state index in [4.69, 9.17) is 15.2 Å². The van der Waals surface area contributed by atoms with Crippen molar-refractivity contribution >= 4 is 47.3 Å². The Bertz CT molecular complexity index is 1660. The first-order valence-corrected chi connectivity index (χ1v) is 17.7. The highest BCUT2D eigenvalue weighted by Gasteiger charge is 2.33. The molecule has 2 aromatic rings. The number of carbonyl (C=O) groups excluding carboxylic acids is 7. The van der Waals surface area contributed by atoms with Gasteiger partial charge >= 0.3 is 12.1 Å². The van der Waals surface area contributed by atoms with Gasteiger partial charge in [0.1, 0.15) is 24.3 Å². The van der Waals surface area contributed by atoms with Crippen molar-refractivity contribution in [3.8, 4) is 5.75 Å². The molecule has 0 bridgehead atoms. The molecule has 3 atom stereocenters. The zero-order chi connectivity index (χ0) is 39.9. The van der Waals surface area contributed by atoms with Gasteiger partial charge in [-0.1, -0.05) is 52.0 Å². The van der Waals surface area contributed by atoms with Crippen molar-refractivity contribution in [3.05, 3.63) is 59.7 Å². The topological polar surface area (TPSA) is 240 Å². The fraction of sp³-hybridized carbons (Fsp3) is 0.486. The van der Waals surface area contributed by atoms with Crippen LogP contribution in [0.4, 0.5) is 15.3 Å². The Balaban J connectivity index is 1.32. The summed E-state index contributed by atoms with van der Waals surface area (Å²) in [4.78, 5) is 87.7. The predicted molar refractivity (Wildman–Crippen MR) is 197 cm³/mol. The molecule has 2 aromatic carbocycles. The number of nitrogens with two attached hydrogens (primary N) is 1. The van der Waals surface area contributed by atoms with Gasteiger partial charge in [-0.3, -0.25) is 29.3 Å². The minimum atomic E-state index is -1.06. The first-order chi connectivity index (χ1) is 25.6. The lowest BCUT2D eigenvalue weighted by molar-refractivity contribution is -0.129. The molecule has 0 radical (unpaired) electrons. The summed E-state index contributed by atoms with van der Waals surface area (Å²) in [5, 5.41) is 16.7. The standard InChI is InChI=1S/C37H50N8O9/c1-21(2)23(5)45(6)37(52)54-20-24-9-13-26(14-10-24)40-32(47)28(38)8-7-18-39-36(51)42-35(50)31(22(3)4)41-29(46)17-19-53-27-15-11-25(12-16-27)30-33(48)43-44-34(30)49/h9-16,21-23,28,30-31H,7-8,17-20,38H2,1-6H3,(H,40,47)(H,41,46)(H2,39,42,50,51)/t23-,28?,31+/m1/s1. The normalized spacial score (nSPS) is 14.3. The quantitative estimate of drug-likeness (QED) is 0.110. The summed E-state index contributed by atoms with van der Waals surface area (Å²) in [6.07, 6.45) is 0.0891. The van der Waals surface area contributed by atoms with E-state index in [0.29, 0.717) is 23.4 Å². The van der Waals surface area contributed by atoms with Gasteiger partial charge in [0.2, 0.25) is 11.8 Å². The Morgan fingerprint density at radius 2 is 1.50 bits per heavy atom. The van der Waals surface area contributed by atoms with Crippen LogP contribution in [0.15, 0.2) is 58.8 Å². The van der Waals surface area contributed by atoms with Gasteiger partial charge in [0, 0.05) is 25.3 Å². The Kier molecular flexibility index (Phi) is 16.2. The zero-order valence-corrected chi connectivity index (χ0v) is 31.4. The van der Waals surface area contributed by atoms with E-state index in [1.54, 1.807) is 74.3 Å². The number of hydrogen-bond donors (Lipinski definition) is 5. The third kappa shape index (κ3) is 13.1. The highest BCUT2D eigenvalue weighted by molar-refractivity contribution is 6.10. The lowest BCUT2D eigenvalue weighted by atomic mass is 9.99. The molecule has 1 aliphatic rings. The highest BCUT2D eigenvalue weighted by Crippen LogP contribution is 2.26. The zero-order valence-electron chi connectivity index (χ0n) is 31.4. The van der Waals surface area contributed by atoms with Crippen LogP contribution in [-0.4, -0.2) is 84.9 Å². The van der Waals surface area contributed by atoms with Gasteiger partial charge in [-0.25, -0.2) is 9.59 Å². The van der Waals surface area contributed by atoms with Gasteiger partial charge < -0.3 is 36.1 Å². The third-order valence-electron chi connectivity index (χ3n) is 8.82. The summed E-state index contributed by atoms with van der Waals surface area (Å²) in [6, 6.07) is 10.4. The molecule has 1 unspecified atom stereocenters. The molecule has 0 spiro atoms. The van der Waals surface area contributed by atoms with Crippen LogP contribution in [0, 0.1) is 11.8 Å². The van der Waals surface area contributed by atoms with Crippen LogP contribution in [0.3, 0.4) is 0 Å². The van der Waals surface area contributed by atoms with Crippen molar-refractivity contribution in [3.63, 3.8) is 0 Å². The van der Waals surface area contributed by atoms with Crippen LogP contribution in [0.2, 0.25) is 0 Å². The van der Waals surface area contributed by atoms with Gasteiger partial charge in [0.15, 0.2) is 0 Å². The number of hydrogen-bond acceptors (Lipinski definition) is 10. The summed E-state index contributed by atoms with van der Waals surface area (Å²) in [5.41, 5.74) is 7.74. The number of ether oxygens (including phenoxy) is 2. The smallest absolute Gasteiger partial charge is 0.410 e. The van der Waals surface area contributed by atoms with E-state index in [2.05, 4.69) is 31.5 Å². The number of amides is 8. The Hall–Kier alpha value is -5.71. The molecular formula is C37H50N8O9. The van der Waals surface area contributed by atoms with Crippen molar-refractivity contribution < 1.29 is 43.0 Å². The second-order valence-corrected chi connectivity index (χ2v) is 13.6. The van der Waals surface area contributed by atoms with Crippen LogP contribution >= 0.6 is 0 Å². The monoisotopic (exact) mass is 750 g/mol. The summed E-state index contributed by atoms with van der Waals surface area (Å²) in [6.45, 7) is 9.63. The summed E-state index contributed by atoms with van der Waals surface area (Å²) < 4.78 is 11.0. The van der Waals surface area contributed by atoms with Crippen LogP contribution < -0.4 is 31.7 Å². The number of nitrogens with one attached hydrogen (secondary N) is 4. The average molecular weight is 751 g/mol. The van der Waals surface area contributed by atoms with Crippen LogP contribution in [0.25, 0.3) is 0 Å². The van der Waals surface area contributed by atoms with Crippen molar-refractivity contribution in [2.75, 3.05) is 25.5 Å². The van der Waals surface area contributed by atoms with E-state index in [1.165, 1.54) is 0 Å². The predicted octanol–water partition coefficient (Wildman–Crippen LogP) is 3.38. The molecule has 0 fully saturated rings. The third-order valence-corrected chi connectivity index (χ3v) is 8.82. The minimum absolute atomic E-state index is 0.0223. The Morgan fingerprint density at radius 3 is 2.09 bits per heavy atom. The highest BCUT2D eigenvalue weighted by atomic mass is 16.6. The first kappa shape index (κ1) is 42.7. The fourth-order valence-electron chi connectivity index (χ4n) is 5.07. The summed E-state index contributed by atoms with van der Waals surface area (Å²) in [5.74, 6) is -3.57. The lowest BCUT2D eigenvalue weighted by Gasteiger charge is -2.27. The molecule has 0 aliphatic carbocycles. The number of anilines is 1. The van der Waals surface area contributed by atoms with Gasteiger partial charge in [-0.2, -0.15) is 0 Å². The Morgan fingerprint density at radius 1 is 0.870 bits per heavy atom. The molecule has 54 heavy (non-hydrogen) atoms. The minimum Gasteiger partial charge on any atom is -0.493 e. The largest absolute Gasteiger partial charge is 0.493 e. The molecule has 1 aliphatic heterocycles. The lowest BCUT2D eigenvalue weighted by Crippen LogP contribution is -2.53. The van der Waals surface area contributed by atoms with Gasteiger partial charge in [-0.15, -0.1) is 10.2 Å². The van der Waals surface area contributed by atoms with E-state index in [1.807, 2.05) is 20.8 Å². The van der Waals surface area contributed by atoms with Crippen molar-refractivity contribution in [1.82, 2.24) is 20.9 Å². The number of azo groups is 1. The molecular weight excluding hydrogens is 700 g/mol. The molecule has 17 heteroatoms. The maximum atomic E-state index is 12.8. The number of urea groups is 1. The summed E-state index contributed by atoms with van der Waals surface area (Å²) in [7, 11) is 1.70. The SMILES string of the molecule is CC(C)[C@H](NC(=O)CCOc1ccc(C2C(=O)N=NC2=O)cc1)C(=O)NC(=O)NCCCC(N)C(=O)Nc1ccc(COC(=O)N(C)[C@H](C)C(C)C)cc1. The molecule has 8 amide bonds. The molecule has 0 saturated carbocycles. The molecule has 292 valence electrons. The maximum absolute atomic E-state index is 12.8. The second-order valence-electron chi connectivity index (χ2n) is 13.6. The molecule has 0 saturated heterocycles. The number of rotatable bonds is 18. The van der Waals surface area contributed by atoms with Crippen LogP contribution in [-0.2, 0) is 35.3 Å². The summed E-state index contributed by atoms with van der Waals surface area (Å²) >= 11 is 0. The number of carbonyl (C=O) groups is 7. The van der Waals surface area contributed by atoms with E-state index in [9.17, 15) is 33.6 Å². The molecule has 3 rings (SSSR count). The van der Waals surface area contributed by atoms with Crippen molar-refractivity contribution in [2.45, 2.75) is 84.5 Å². The van der Waals surface area contributed by atoms with Crippen LogP contribution in [0.1, 0.15) is 70.9 Å². The van der Waals surface area contributed by atoms with Gasteiger partial charge in [0.25, 0.3) is 17.7 Å². The number of benzene rings is 2. The number of nitrogens with zero attached hydrogens (tertiary/aromatic N) is 3.